The SMILES string of the molecule is COC1=C(C)C(C)(OC)CC(CC[C@@]2(C)COC(C)(C)O2)=C1C. The quantitative estimate of drug-likeness (QED) is 0.753. The molecule has 0 spiro atoms. The molecule has 0 amide bonds. The lowest BCUT2D eigenvalue weighted by molar-refractivity contribution is -0.158. The van der Waals surface area contributed by atoms with Gasteiger partial charge in [-0.1, -0.05) is 5.57 Å². The summed E-state index contributed by atoms with van der Waals surface area (Å²) in [6.07, 6.45) is 2.79. The number of methoxy groups -OCH3 is 2. The van der Waals surface area contributed by atoms with Crippen LogP contribution in [0.15, 0.2) is 22.5 Å². The Labute approximate surface area is 140 Å². The first-order chi connectivity index (χ1) is 10.6. The van der Waals surface area contributed by atoms with Crippen LogP contribution in [0.1, 0.15) is 60.8 Å². The van der Waals surface area contributed by atoms with Crippen LogP contribution in [0.5, 0.6) is 0 Å². The molecule has 0 N–H and O–H groups in total. The van der Waals surface area contributed by atoms with Crippen molar-refractivity contribution >= 4 is 0 Å². The normalized spacial score (nSPS) is 34.3. The third kappa shape index (κ3) is 3.65. The van der Waals surface area contributed by atoms with Crippen LogP contribution in [0.2, 0.25) is 0 Å². The Kier molecular flexibility index (Phi) is 5.01. The molecule has 0 aromatic rings. The van der Waals surface area contributed by atoms with Gasteiger partial charge in [-0.15, -0.1) is 0 Å². The summed E-state index contributed by atoms with van der Waals surface area (Å²) in [6, 6.07) is 0. The molecule has 0 bridgehead atoms. The van der Waals surface area contributed by atoms with E-state index in [1.165, 1.54) is 11.1 Å². The van der Waals surface area contributed by atoms with Crippen molar-refractivity contribution < 1.29 is 18.9 Å². The molecule has 1 fully saturated rings. The maximum atomic E-state index is 6.10. The topological polar surface area (TPSA) is 36.9 Å². The molecule has 2 rings (SSSR count). The second-order valence-corrected chi connectivity index (χ2v) is 7.74. The minimum atomic E-state index is -0.486. The van der Waals surface area contributed by atoms with Gasteiger partial charge in [0, 0.05) is 19.1 Å². The van der Waals surface area contributed by atoms with Crippen molar-refractivity contribution in [3.63, 3.8) is 0 Å². The minimum absolute atomic E-state index is 0.232. The van der Waals surface area contributed by atoms with Gasteiger partial charge < -0.3 is 18.9 Å². The van der Waals surface area contributed by atoms with Gasteiger partial charge in [0.1, 0.15) is 5.76 Å². The molecule has 4 heteroatoms. The van der Waals surface area contributed by atoms with Crippen LogP contribution in [-0.4, -0.2) is 37.8 Å². The van der Waals surface area contributed by atoms with Crippen LogP contribution in [0.25, 0.3) is 0 Å². The van der Waals surface area contributed by atoms with Crippen molar-refractivity contribution in [2.75, 3.05) is 20.8 Å². The smallest absolute Gasteiger partial charge is 0.163 e. The zero-order valence-corrected chi connectivity index (χ0v) is 16.0. The van der Waals surface area contributed by atoms with Gasteiger partial charge in [-0.3, -0.25) is 0 Å². The van der Waals surface area contributed by atoms with Gasteiger partial charge >= 0.3 is 0 Å². The fraction of sp³-hybridized carbons (Fsp3) is 0.789. The highest BCUT2D eigenvalue weighted by Crippen LogP contribution is 2.42. The fourth-order valence-corrected chi connectivity index (χ4v) is 3.68. The molecule has 0 aromatic carbocycles. The van der Waals surface area contributed by atoms with E-state index in [9.17, 15) is 0 Å². The molecule has 23 heavy (non-hydrogen) atoms. The molecule has 0 aromatic heterocycles. The van der Waals surface area contributed by atoms with Gasteiger partial charge in [-0.05, 0) is 60.0 Å². The molecule has 1 aliphatic heterocycles. The number of rotatable bonds is 5. The van der Waals surface area contributed by atoms with Crippen molar-refractivity contribution in [3.05, 3.63) is 22.5 Å². The van der Waals surface area contributed by atoms with Gasteiger partial charge in [0.25, 0.3) is 0 Å². The van der Waals surface area contributed by atoms with Gasteiger partial charge in [0.05, 0.1) is 24.9 Å². The van der Waals surface area contributed by atoms with E-state index in [4.69, 9.17) is 18.9 Å². The average Bonchev–Trinajstić information content (AvgIpc) is 2.76. The molecule has 0 saturated carbocycles. The third-order valence-electron chi connectivity index (χ3n) is 5.38. The molecule has 4 nitrogen and oxygen atoms in total. The first-order valence-electron chi connectivity index (χ1n) is 8.39. The Hall–Kier alpha value is -0.840. The summed E-state index contributed by atoms with van der Waals surface area (Å²) in [5.41, 5.74) is 3.25. The molecule has 1 heterocycles. The molecule has 1 aliphatic carbocycles. The van der Waals surface area contributed by atoms with Crippen LogP contribution in [0.3, 0.4) is 0 Å². The van der Waals surface area contributed by atoms with Crippen LogP contribution in [-0.2, 0) is 18.9 Å². The van der Waals surface area contributed by atoms with Crippen molar-refractivity contribution in [1.82, 2.24) is 0 Å². The zero-order chi connectivity index (χ0) is 17.5. The van der Waals surface area contributed by atoms with Crippen LogP contribution < -0.4 is 0 Å². The Balaban J connectivity index is 2.18. The molecule has 1 saturated heterocycles. The molecular formula is C19H32O4. The van der Waals surface area contributed by atoms with E-state index >= 15 is 0 Å². The molecular weight excluding hydrogens is 292 g/mol. The summed E-state index contributed by atoms with van der Waals surface area (Å²) in [7, 11) is 3.51. The van der Waals surface area contributed by atoms with E-state index in [1.54, 1.807) is 14.2 Å². The van der Waals surface area contributed by atoms with Crippen LogP contribution in [0, 0.1) is 0 Å². The minimum Gasteiger partial charge on any atom is -0.496 e. The Morgan fingerprint density at radius 3 is 2.22 bits per heavy atom. The molecule has 1 unspecified atom stereocenters. The van der Waals surface area contributed by atoms with Crippen molar-refractivity contribution in [3.8, 4) is 0 Å². The fourth-order valence-electron chi connectivity index (χ4n) is 3.68. The molecule has 0 radical (unpaired) electrons. The Morgan fingerprint density at radius 1 is 1.09 bits per heavy atom. The summed E-state index contributed by atoms with van der Waals surface area (Å²) in [4.78, 5) is 0. The largest absolute Gasteiger partial charge is 0.496 e. The number of hydrogen-bond acceptors (Lipinski definition) is 4. The maximum absolute atomic E-state index is 6.10. The highest BCUT2D eigenvalue weighted by molar-refractivity contribution is 5.42. The molecule has 2 atom stereocenters. The van der Waals surface area contributed by atoms with E-state index in [-0.39, 0.29) is 11.2 Å². The van der Waals surface area contributed by atoms with Gasteiger partial charge in [0.2, 0.25) is 0 Å². The van der Waals surface area contributed by atoms with E-state index in [2.05, 4.69) is 27.7 Å². The second-order valence-electron chi connectivity index (χ2n) is 7.74. The predicted octanol–water partition coefficient (Wildman–Crippen LogP) is 4.35. The van der Waals surface area contributed by atoms with Crippen molar-refractivity contribution in [2.24, 2.45) is 0 Å². The standard InChI is InChI=1S/C19H32O4/c1-13-15(9-10-18(5)12-22-17(3,4)23-18)11-19(6,21-8)14(2)16(13)20-7/h9-12H2,1-8H3/t18-,19?/m0/s1. The lowest BCUT2D eigenvalue weighted by atomic mass is 9.78. The third-order valence-corrected chi connectivity index (χ3v) is 5.38. The number of hydrogen-bond donors (Lipinski definition) is 0. The van der Waals surface area contributed by atoms with Gasteiger partial charge in [-0.25, -0.2) is 0 Å². The second kappa shape index (κ2) is 6.23. The molecule has 2 aliphatic rings. The summed E-state index contributed by atoms with van der Waals surface area (Å²) >= 11 is 0. The summed E-state index contributed by atoms with van der Waals surface area (Å²) in [6.45, 7) is 13.1. The molecule has 132 valence electrons. The lowest BCUT2D eigenvalue weighted by Gasteiger charge is -2.37. The van der Waals surface area contributed by atoms with E-state index < -0.39 is 5.79 Å². The summed E-state index contributed by atoms with van der Waals surface area (Å²) < 4.78 is 23.3. The van der Waals surface area contributed by atoms with E-state index in [1.807, 2.05) is 13.8 Å². The number of ether oxygens (including phenoxy) is 4. The van der Waals surface area contributed by atoms with Crippen molar-refractivity contribution in [1.29, 1.82) is 0 Å². The highest BCUT2D eigenvalue weighted by atomic mass is 16.7. The average molecular weight is 324 g/mol. The highest BCUT2D eigenvalue weighted by Gasteiger charge is 2.42. The summed E-state index contributed by atoms with van der Waals surface area (Å²) in [5, 5.41) is 0. The zero-order valence-electron chi connectivity index (χ0n) is 16.0. The van der Waals surface area contributed by atoms with E-state index in [0.29, 0.717) is 6.61 Å². The van der Waals surface area contributed by atoms with Crippen LogP contribution in [0.4, 0.5) is 0 Å². The van der Waals surface area contributed by atoms with Gasteiger partial charge in [0.15, 0.2) is 5.79 Å². The predicted molar refractivity (Wildman–Crippen MR) is 91.2 cm³/mol. The summed E-state index contributed by atoms with van der Waals surface area (Å²) in [5.74, 6) is 0.477. The first kappa shape index (κ1) is 18.5. The first-order valence-corrected chi connectivity index (χ1v) is 8.39. The maximum Gasteiger partial charge on any atom is 0.163 e. The monoisotopic (exact) mass is 324 g/mol. The van der Waals surface area contributed by atoms with Gasteiger partial charge in [-0.2, -0.15) is 0 Å². The number of allylic oxidation sites excluding steroid dienone is 1. The Morgan fingerprint density at radius 2 is 1.74 bits per heavy atom. The lowest BCUT2D eigenvalue weighted by Crippen LogP contribution is -2.35. The van der Waals surface area contributed by atoms with Crippen LogP contribution >= 0.6 is 0 Å². The van der Waals surface area contributed by atoms with E-state index in [0.717, 1.165) is 30.6 Å². The van der Waals surface area contributed by atoms with Crippen molar-refractivity contribution in [2.45, 2.75) is 77.8 Å². The Bertz CT molecular complexity index is 531.